The van der Waals surface area contributed by atoms with Gasteiger partial charge in [0.2, 0.25) is 5.91 Å². The molecular weight excluding hydrogens is 444 g/mol. The molecule has 7 nitrogen and oxygen atoms in total. The summed E-state index contributed by atoms with van der Waals surface area (Å²) in [7, 11) is 0. The third kappa shape index (κ3) is 5.34. The Hall–Kier alpha value is -3.35. The standard InChI is InChI=1S/C28H34N2O5/c1-16(2)25(26(31)30-19-13-12-18(14-19)27(32)33)17(3)29-28(34)35-15-24-22-10-6-4-8-20(22)21-9-5-7-11-23(21)24/h4-11,16-19,24-25H,12-15H2,1-3H3,(H,29,34)(H,30,31)(H,32,33)/t17?,18-,19+,25?/m1/s1. The molecule has 2 aromatic rings. The molecule has 0 aromatic heterocycles. The number of hydrogen-bond donors (Lipinski definition) is 3. The molecule has 186 valence electrons. The molecule has 35 heavy (non-hydrogen) atoms. The number of amides is 2. The van der Waals surface area contributed by atoms with Crippen LogP contribution in [0.2, 0.25) is 0 Å². The first kappa shape index (κ1) is 24.8. The Labute approximate surface area is 206 Å². The zero-order chi connectivity index (χ0) is 25.1. The summed E-state index contributed by atoms with van der Waals surface area (Å²) in [5.74, 6) is -1.89. The van der Waals surface area contributed by atoms with E-state index in [0.717, 1.165) is 11.1 Å². The average molecular weight is 479 g/mol. The van der Waals surface area contributed by atoms with Crippen molar-refractivity contribution >= 4 is 18.0 Å². The summed E-state index contributed by atoms with van der Waals surface area (Å²) in [4.78, 5) is 37.0. The third-order valence-electron chi connectivity index (χ3n) is 7.38. The molecule has 4 rings (SSSR count). The molecule has 4 atom stereocenters. The number of carbonyl (C=O) groups is 3. The number of hydrogen-bond acceptors (Lipinski definition) is 4. The molecule has 2 aliphatic rings. The zero-order valence-corrected chi connectivity index (χ0v) is 20.5. The van der Waals surface area contributed by atoms with Gasteiger partial charge in [0.05, 0.1) is 11.8 Å². The molecule has 2 aliphatic carbocycles. The van der Waals surface area contributed by atoms with Gasteiger partial charge in [-0.2, -0.15) is 0 Å². The van der Waals surface area contributed by atoms with Gasteiger partial charge in [0.15, 0.2) is 0 Å². The van der Waals surface area contributed by atoms with E-state index in [2.05, 4.69) is 34.9 Å². The molecule has 0 heterocycles. The number of benzene rings is 2. The zero-order valence-electron chi connectivity index (χ0n) is 20.5. The smallest absolute Gasteiger partial charge is 0.407 e. The second kappa shape index (κ2) is 10.5. The lowest BCUT2D eigenvalue weighted by Crippen LogP contribution is -2.49. The van der Waals surface area contributed by atoms with Gasteiger partial charge in [-0.3, -0.25) is 9.59 Å². The van der Waals surface area contributed by atoms with E-state index in [1.165, 1.54) is 11.1 Å². The number of nitrogens with one attached hydrogen (secondary N) is 2. The van der Waals surface area contributed by atoms with Gasteiger partial charge in [-0.15, -0.1) is 0 Å². The van der Waals surface area contributed by atoms with Crippen LogP contribution in [0.25, 0.3) is 11.1 Å². The molecule has 2 aromatic carbocycles. The summed E-state index contributed by atoms with van der Waals surface area (Å²) in [5.41, 5.74) is 4.62. The summed E-state index contributed by atoms with van der Waals surface area (Å²) >= 11 is 0. The largest absolute Gasteiger partial charge is 0.481 e. The van der Waals surface area contributed by atoms with Gasteiger partial charge in [0.25, 0.3) is 0 Å². The van der Waals surface area contributed by atoms with Gasteiger partial charge in [-0.05, 0) is 54.4 Å². The first-order chi connectivity index (χ1) is 16.8. The minimum atomic E-state index is -0.813. The van der Waals surface area contributed by atoms with Crippen LogP contribution in [0.5, 0.6) is 0 Å². The molecule has 7 heteroatoms. The molecule has 0 aliphatic heterocycles. The van der Waals surface area contributed by atoms with Crippen molar-refractivity contribution in [3.05, 3.63) is 59.7 Å². The summed E-state index contributed by atoms with van der Waals surface area (Å²) in [6.07, 6.45) is 1.12. The summed E-state index contributed by atoms with van der Waals surface area (Å²) in [6, 6.07) is 15.7. The van der Waals surface area contributed by atoms with Crippen LogP contribution >= 0.6 is 0 Å². The van der Waals surface area contributed by atoms with Crippen molar-refractivity contribution in [3.63, 3.8) is 0 Å². The maximum Gasteiger partial charge on any atom is 0.407 e. The SMILES string of the molecule is CC(C)C(C(=O)N[C@H]1CC[C@@H](C(=O)O)C1)C(C)NC(=O)OCC1c2ccccc2-c2ccccc21. The number of ether oxygens (including phenoxy) is 1. The van der Waals surface area contributed by atoms with Crippen LogP contribution in [0.1, 0.15) is 57.1 Å². The van der Waals surface area contributed by atoms with E-state index in [0.29, 0.717) is 19.3 Å². The molecule has 1 saturated carbocycles. The topological polar surface area (TPSA) is 105 Å². The highest BCUT2D eigenvalue weighted by atomic mass is 16.5. The van der Waals surface area contributed by atoms with Crippen LogP contribution in [0.4, 0.5) is 4.79 Å². The Morgan fingerprint density at radius 1 is 0.971 bits per heavy atom. The lowest BCUT2D eigenvalue weighted by Gasteiger charge is -2.28. The fourth-order valence-corrected chi connectivity index (χ4v) is 5.66. The van der Waals surface area contributed by atoms with E-state index < -0.39 is 29.9 Å². The first-order valence-electron chi connectivity index (χ1n) is 12.4. The second-order valence-electron chi connectivity index (χ2n) is 10.1. The Morgan fingerprint density at radius 3 is 2.11 bits per heavy atom. The fraction of sp³-hybridized carbons (Fsp3) is 0.464. The molecule has 0 bridgehead atoms. The highest BCUT2D eigenvalue weighted by Crippen LogP contribution is 2.44. The van der Waals surface area contributed by atoms with Gasteiger partial charge >= 0.3 is 12.1 Å². The molecule has 0 saturated heterocycles. The molecule has 2 unspecified atom stereocenters. The van der Waals surface area contributed by atoms with Crippen LogP contribution in [0, 0.1) is 17.8 Å². The number of fused-ring (bicyclic) bond motifs is 3. The Bertz CT molecular complexity index is 1050. The first-order valence-corrected chi connectivity index (χ1v) is 12.4. The van der Waals surface area contributed by atoms with Gasteiger partial charge in [0, 0.05) is 18.0 Å². The second-order valence-corrected chi connectivity index (χ2v) is 10.1. The minimum absolute atomic E-state index is 0.0180. The number of rotatable bonds is 8. The predicted octanol–water partition coefficient (Wildman–Crippen LogP) is 4.56. The van der Waals surface area contributed by atoms with Gasteiger partial charge in [0.1, 0.15) is 6.61 Å². The monoisotopic (exact) mass is 478 g/mol. The Kier molecular flexibility index (Phi) is 7.43. The lowest BCUT2D eigenvalue weighted by molar-refractivity contribution is -0.141. The van der Waals surface area contributed by atoms with Crippen LogP contribution in [0.15, 0.2) is 48.5 Å². The molecule has 0 radical (unpaired) electrons. The minimum Gasteiger partial charge on any atom is -0.481 e. The van der Waals surface area contributed by atoms with Crippen molar-refractivity contribution in [2.45, 2.75) is 58.0 Å². The highest BCUT2D eigenvalue weighted by molar-refractivity contribution is 5.81. The lowest BCUT2D eigenvalue weighted by atomic mass is 9.88. The summed E-state index contributed by atoms with van der Waals surface area (Å²) in [5, 5.41) is 15.1. The molecule has 2 amide bonds. The highest BCUT2D eigenvalue weighted by Gasteiger charge is 2.35. The van der Waals surface area contributed by atoms with Gasteiger partial charge in [-0.1, -0.05) is 62.4 Å². The van der Waals surface area contributed by atoms with E-state index in [9.17, 15) is 19.5 Å². The van der Waals surface area contributed by atoms with Gasteiger partial charge in [-0.25, -0.2) is 4.79 Å². The van der Waals surface area contributed by atoms with Crippen LogP contribution < -0.4 is 10.6 Å². The van der Waals surface area contributed by atoms with Crippen molar-refractivity contribution in [3.8, 4) is 11.1 Å². The quantitative estimate of drug-likeness (QED) is 0.516. The number of carboxylic acids is 1. The molecule has 1 fully saturated rings. The van der Waals surface area contributed by atoms with Crippen LogP contribution in [-0.4, -0.2) is 41.8 Å². The fourth-order valence-electron chi connectivity index (χ4n) is 5.66. The maximum absolute atomic E-state index is 13.0. The third-order valence-corrected chi connectivity index (χ3v) is 7.38. The van der Waals surface area contributed by atoms with E-state index in [1.54, 1.807) is 6.92 Å². The number of alkyl carbamates (subject to hydrolysis) is 1. The van der Waals surface area contributed by atoms with Crippen LogP contribution in [0.3, 0.4) is 0 Å². The predicted molar refractivity (Wildman–Crippen MR) is 133 cm³/mol. The van der Waals surface area contributed by atoms with E-state index in [1.807, 2.05) is 38.1 Å². The van der Waals surface area contributed by atoms with Gasteiger partial charge < -0.3 is 20.5 Å². The van der Waals surface area contributed by atoms with E-state index in [-0.39, 0.29) is 30.4 Å². The van der Waals surface area contributed by atoms with E-state index >= 15 is 0 Å². The number of carboxylic acid groups (broad SMARTS) is 1. The normalized spacial score (nSPS) is 20.6. The summed E-state index contributed by atoms with van der Waals surface area (Å²) in [6.45, 7) is 5.90. The van der Waals surface area contributed by atoms with Crippen molar-refractivity contribution in [1.29, 1.82) is 0 Å². The molecular formula is C28H34N2O5. The van der Waals surface area contributed by atoms with Crippen molar-refractivity contribution in [2.24, 2.45) is 17.8 Å². The van der Waals surface area contributed by atoms with Crippen molar-refractivity contribution < 1.29 is 24.2 Å². The van der Waals surface area contributed by atoms with Crippen molar-refractivity contribution in [1.82, 2.24) is 10.6 Å². The Balaban J connectivity index is 1.35. The number of carbonyl (C=O) groups excluding carboxylic acids is 2. The molecule has 0 spiro atoms. The van der Waals surface area contributed by atoms with Crippen molar-refractivity contribution in [2.75, 3.05) is 6.61 Å². The number of aliphatic carboxylic acids is 1. The average Bonchev–Trinajstić information content (AvgIpc) is 3.40. The van der Waals surface area contributed by atoms with E-state index in [4.69, 9.17) is 4.74 Å². The van der Waals surface area contributed by atoms with Crippen LogP contribution in [-0.2, 0) is 14.3 Å². The maximum atomic E-state index is 13.0. The molecule has 3 N–H and O–H groups in total. The summed E-state index contributed by atoms with van der Waals surface area (Å²) < 4.78 is 5.65. The Morgan fingerprint density at radius 2 is 1.57 bits per heavy atom.